The zero-order chi connectivity index (χ0) is 23.8. The van der Waals surface area contributed by atoms with Crippen molar-refractivity contribution in [3.8, 4) is 0 Å². The van der Waals surface area contributed by atoms with Gasteiger partial charge in [0.25, 0.3) is 0 Å². The number of nitrogens with zero attached hydrogens (tertiary/aromatic N) is 1. The molecule has 1 amide bonds. The third-order valence-electron chi connectivity index (χ3n) is 7.04. The number of hydrogen-bond acceptors (Lipinski definition) is 4. The SMILES string of the molecule is C[C@H]1C2=CNN(c3ccc(F)cc3)C2=CC2=C1[C@@H](CC(NC(=O)CO)c1cccc(Cl)c1)CC2. The maximum absolute atomic E-state index is 13.4. The molecule has 0 saturated heterocycles. The molecule has 0 saturated carbocycles. The summed E-state index contributed by atoms with van der Waals surface area (Å²) < 4.78 is 13.4. The Morgan fingerprint density at radius 2 is 2.09 bits per heavy atom. The highest BCUT2D eigenvalue weighted by molar-refractivity contribution is 6.30. The minimum absolute atomic E-state index is 0.217. The lowest BCUT2D eigenvalue weighted by Gasteiger charge is -2.31. The summed E-state index contributed by atoms with van der Waals surface area (Å²) in [5.41, 5.74) is 10.2. The van der Waals surface area contributed by atoms with Crippen LogP contribution in [0.3, 0.4) is 0 Å². The standard InChI is InChI=1S/C27H27ClFN3O2/c1-16-23-14-30-32(22-9-7-21(29)8-10-22)25(23)13-19-6-5-18(27(16)19)12-24(31-26(34)15-33)17-3-2-4-20(28)11-17/h2-4,7-11,13-14,16,18,24,30,33H,5-6,12,15H2,1H3,(H,31,34)/t16-,18+,24?/m0/s1. The number of hydrazine groups is 1. The van der Waals surface area contributed by atoms with E-state index in [9.17, 15) is 14.3 Å². The molecule has 1 unspecified atom stereocenters. The van der Waals surface area contributed by atoms with Crippen LogP contribution in [-0.2, 0) is 4.79 Å². The van der Waals surface area contributed by atoms with Crippen LogP contribution in [0, 0.1) is 17.7 Å². The predicted molar refractivity (Wildman–Crippen MR) is 131 cm³/mol. The van der Waals surface area contributed by atoms with Gasteiger partial charge in [0, 0.05) is 22.7 Å². The van der Waals surface area contributed by atoms with Gasteiger partial charge in [0.1, 0.15) is 12.4 Å². The highest BCUT2D eigenvalue weighted by atomic mass is 35.5. The lowest BCUT2D eigenvalue weighted by atomic mass is 9.78. The van der Waals surface area contributed by atoms with Crippen LogP contribution >= 0.6 is 11.6 Å². The molecule has 5 nitrogen and oxygen atoms in total. The number of benzene rings is 2. The fraction of sp³-hybridized carbons (Fsp3) is 0.296. The monoisotopic (exact) mass is 479 g/mol. The Hall–Kier alpha value is -3.09. The number of nitrogens with one attached hydrogen (secondary N) is 2. The van der Waals surface area contributed by atoms with Gasteiger partial charge >= 0.3 is 0 Å². The minimum Gasteiger partial charge on any atom is -0.387 e. The highest BCUT2D eigenvalue weighted by Crippen LogP contribution is 2.49. The first-order valence-electron chi connectivity index (χ1n) is 11.6. The first kappa shape index (κ1) is 22.7. The molecule has 1 aliphatic heterocycles. The van der Waals surface area contributed by atoms with Crippen molar-refractivity contribution in [1.29, 1.82) is 0 Å². The molecule has 1 heterocycles. The van der Waals surface area contributed by atoms with Crippen LogP contribution in [0.2, 0.25) is 5.02 Å². The van der Waals surface area contributed by atoms with E-state index >= 15 is 0 Å². The minimum atomic E-state index is -0.546. The van der Waals surface area contributed by atoms with E-state index in [0.717, 1.165) is 36.2 Å². The van der Waals surface area contributed by atoms with Crippen LogP contribution in [0.1, 0.15) is 37.8 Å². The van der Waals surface area contributed by atoms with Crippen molar-refractivity contribution in [2.75, 3.05) is 11.6 Å². The smallest absolute Gasteiger partial charge is 0.246 e. The Labute approximate surface area is 203 Å². The predicted octanol–water partition coefficient (Wildman–Crippen LogP) is 5.17. The lowest BCUT2D eigenvalue weighted by molar-refractivity contribution is -0.124. The maximum Gasteiger partial charge on any atom is 0.246 e. The van der Waals surface area contributed by atoms with Gasteiger partial charge < -0.3 is 15.8 Å². The van der Waals surface area contributed by atoms with Gasteiger partial charge in [-0.15, -0.1) is 0 Å². The van der Waals surface area contributed by atoms with Crippen LogP contribution in [0.5, 0.6) is 0 Å². The lowest BCUT2D eigenvalue weighted by Crippen LogP contribution is -2.32. The van der Waals surface area contributed by atoms with Crippen molar-refractivity contribution in [2.24, 2.45) is 11.8 Å². The van der Waals surface area contributed by atoms with Crippen LogP contribution in [-0.4, -0.2) is 17.6 Å². The highest BCUT2D eigenvalue weighted by Gasteiger charge is 2.39. The maximum atomic E-state index is 13.4. The van der Waals surface area contributed by atoms with E-state index in [-0.39, 0.29) is 17.8 Å². The molecule has 5 rings (SSSR count). The van der Waals surface area contributed by atoms with E-state index in [0.29, 0.717) is 10.9 Å². The van der Waals surface area contributed by atoms with Gasteiger partial charge in [0.05, 0.1) is 17.4 Å². The summed E-state index contributed by atoms with van der Waals surface area (Å²) in [6, 6.07) is 13.8. The molecule has 34 heavy (non-hydrogen) atoms. The summed E-state index contributed by atoms with van der Waals surface area (Å²) in [5, 5.41) is 14.9. The molecule has 3 aliphatic rings. The molecule has 7 heteroatoms. The van der Waals surface area contributed by atoms with Gasteiger partial charge in [0.15, 0.2) is 0 Å². The van der Waals surface area contributed by atoms with Gasteiger partial charge in [0.2, 0.25) is 5.91 Å². The number of aliphatic hydroxyl groups is 1. The van der Waals surface area contributed by atoms with Gasteiger partial charge in [-0.25, -0.2) is 4.39 Å². The number of carbonyl (C=O) groups excluding carboxylic acids is 1. The molecule has 176 valence electrons. The molecule has 3 atom stereocenters. The Bertz CT molecular complexity index is 1200. The van der Waals surface area contributed by atoms with Crippen LogP contribution in [0.15, 0.2) is 83.2 Å². The normalized spacial score (nSPS) is 21.9. The van der Waals surface area contributed by atoms with Gasteiger partial charge in [-0.3, -0.25) is 9.80 Å². The Balaban J connectivity index is 1.43. The molecule has 0 radical (unpaired) electrons. The number of aliphatic hydroxyl groups excluding tert-OH is 1. The quantitative estimate of drug-likeness (QED) is 0.535. The number of amides is 1. The Kier molecular flexibility index (Phi) is 6.19. The second-order valence-corrected chi connectivity index (χ2v) is 9.51. The molecule has 2 aromatic rings. The van der Waals surface area contributed by atoms with E-state index in [2.05, 4.69) is 23.7 Å². The summed E-state index contributed by atoms with van der Waals surface area (Å²) in [4.78, 5) is 12.1. The number of fused-ring (bicyclic) bond motifs is 1. The zero-order valence-corrected chi connectivity index (χ0v) is 19.6. The molecule has 0 fully saturated rings. The Morgan fingerprint density at radius 1 is 1.29 bits per heavy atom. The largest absolute Gasteiger partial charge is 0.387 e. The van der Waals surface area contributed by atoms with Crippen molar-refractivity contribution in [3.63, 3.8) is 0 Å². The number of carbonyl (C=O) groups is 1. The van der Waals surface area contributed by atoms with E-state index in [1.165, 1.54) is 28.9 Å². The molecular formula is C27H27ClFN3O2. The van der Waals surface area contributed by atoms with Crippen molar-refractivity contribution < 1.29 is 14.3 Å². The van der Waals surface area contributed by atoms with E-state index < -0.39 is 12.5 Å². The van der Waals surface area contributed by atoms with Crippen molar-refractivity contribution in [1.82, 2.24) is 10.7 Å². The summed E-state index contributed by atoms with van der Waals surface area (Å²) in [6.07, 6.45) is 6.98. The fourth-order valence-electron chi connectivity index (χ4n) is 5.49. The summed E-state index contributed by atoms with van der Waals surface area (Å²) in [5.74, 6) is -0.137. The number of halogens is 2. The third-order valence-corrected chi connectivity index (χ3v) is 7.27. The molecule has 3 N–H and O–H groups in total. The summed E-state index contributed by atoms with van der Waals surface area (Å²) in [6.45, 7) is 1.68. The number of anilines is 1. The molecular weight excluding hydrogens is 453 g/mol. The summed E-state index contributed by atoms with van der Waals surface area (Å²) in [7, 11) is 0. The summed E-state index contributed by atoms with van der Waals surface area (Å²) >= 11 is 6.22. The third kappa shape index (κ3) is 4.24. The molecule has 2 aromatic carbocycles. The van der Waals surface area contributed by atoms with Gasteiger partial charge in [-0.1, -0.05) is 36.2 Å². The van der Waals surface area contributed by atoms with Crippen LogP contribution in [0.4, 0.5) is 10.1 Å². The van der Waals surface area contributed by atoms with E-state index in [1.807, 2.05) is 35.5 Å². The first-order valence-corrected chi connectivity index (χ1v) is 11.9. The number of rotatable bonds is 6. The van der Waals surface area contributed by atoms with Crippen molar-refractivity contribution >= 4 is 23.2 Å². The van der Waals surface area contributed by atoms with Gasteiger partial charge in [-0.2, -0.15) is 0 Å². The molecule has 0 spiro atoms. The van der Waals surface area contributed by atoms with Crippen molar-refractivity contribution in [3.05, 3.63) is 99.6 Å². The first-order chi connectivity index (χ1) is 16.4. The second-order valence-electron chi connectivity index (χ2n) is 9.08. The molecule has 0 aromatic heterocycles. The van der Waals surface area contributed by atoms with Gasteiger partial charge in [-0.05, 0) is 78.8 Å². The van der Waals surface area contributed by atoms with Crippen LogP contribution < -0.4 is 15.8 Å². The topological polar surface area (TPSA) is 64.6 Å². The molecule has 0 bridgehead atoms. The van der Waals surface area contributed by atoms with Crippen molar-refractivity contribution in [2.45, 2.75) is 32.2 Å². The van der Waals surface area contributed by atoms with E-state index in [1.54, 1.807) is 12.1 Å². The fourth-order valence-corrected chi connectivity index (χ4v) is 5.69. The number of allylic oxidation sites excluding steroid dienone is 4. The average Bonchev–Trinajstić information content (AvgIpc) is 3.44. The Morgan fingerprint density at radius 3 is 2.82 bits per heavy atom. The van der Waals surface area contributed by atoms with Crippen LogP contribution in [0.25, 0.3) is 0 Å². The number of hydrogen-bond donors (Lipinski definition) is 3. The molecule has 2 aliphatic carbocycles. The average molecular weight is 480 g/mol. The second kappa shape index (κ2) is 9.28. The van der Waals surface area contributed by atoms with E-state index in [4.69, 9.17) is 11.6 Å². The zero-order valence-electron chi connectivity index (χ0n) is 18.9.